The molecule has 0 atom stereocenters. The number of aryl methyl sites for hydroxylation is 1. The lowest BCUT2D eigenvalue weighted by Crippen LogP contribution is -2.38. The molecule has 0 unspecified atom stereocenters. The summed E-state index contributed by atoms with van der Waals surface area (Å²) in [4.78, 5) is 0. The SMILES string of the molecule is CCn1nc(CNS(=O)(=O)N2CCCC2)c2ccccc21. The molecular weight excluding hydrogens is 288 g/mol. The van der Waals surface area contributed by atoms with Gasteiger partial charge in [0.25, 0.3) is 10.2 Å². The van der Waals surface area contributed by atoms with E-state index in [1.807, 2.05) is 35.9 Å². The van der Waals surface area contributed by atoms with E-state index in [2.05, 4.69) is 9.82 Å². The van der Waals surface area contributed by atoms with Crippen LogP contribution in [0.5, 0.6) is 0 Å². The summed E-state index contributed by atoms with van der Waals surface area (Å²) >= 11 is 0. The standard InChI is InChI=1S/C14H20N4O2S/c1-2-18-14-8-4-3-7-12(14)13(16-18)11-15-21(19,20)17-9-5-6-10-17/h3-4,7-8,15H,2,5-6,9-11H2,1H3. The maximum absolute atomic E-state index is 12.2. The zero-order chi connectivity index (χ0) is 14.9. The molecule has 114 valence electrons. The van der Waals surface area contributed by atoms with Gasteiger partial charge in [0.05, 0.1) is 17.8 Å². The van der Waals surface area contributed by atoms with Gasteiger partial charge in [-0.2, -0.15) is 22.5 Å². The zero-order valence-electron chi connectivity index (χ0n) is 12.1. The van der Waals surface area contributed by atoms with Gasteiger partial charge >= 0.3 is 0 Å². The van der Waals surface area contributed by atoms with Crippen molar-refractivity contribution >= 4 is 21.1 Å². The highest BCUT2D eigenvalue weighted by Crippen LogP contribution is 2.19. The van der Waals surface area contributed by atoms with Gasteiger partial charge in [-0.1, -0.05) is 18.2 Å². The topological polar surface area (TPSA) is 67.2 Å². The highest BCUT2D eigenvalue weighted by Gasteiger charge is 2.25. The molecule has 1 aromatic carbocycles. The third kappa shape index (κ3) is 2.81. The van der Waals surface area contributed by atoms with E-state index < -0.39 is 10.2 Å². The molecule has 1 N–H and O–H groups in total. The molecule has 1 aliphatic rings. The molecule has 1 fully saturated rings. The minimum atomic E-state index is -3.39. The zero-order valence-corrected chi connectivity index (χ0v) is 12.9. The van der Waals surface area contributed by atoms with Gasteiger partial charge in [0, 0.05) is 25.0 Å². The lowest BCUT2D eigenvalue weighted by molar-refractivity contribution is 0.464. The minimum Gasteiger partial charge on any atom is -0.265 e. The van der Waals surface area contributed by atoms with Crippen LogP contribution in [-0.4, -0.2) is 35.6 Å². The highest BCUT2D eigenvalue weighted by atomic mass is 32.2. The second-order valence-corrected chi connectivity index (χ2v) is 6.97. The van der Waals surface area contributed by atoms with Crippen LogP contribution >= 0.6 is 0 Å². The fourth-order valence-electron chi connectivity index (χ4n) is 2.75. The van der Waals surface area contributed by atoms with Crippen LogP contribution in [0, 0.1) is 0 Å². The molecule has 1 aromatic heterocycles. The van der Waals surface area contributed by atoms with Gasteiger partial charge in [0.15, 0.2) is 0 Å². The third-order valence-corrected chi connectivity index (χ3v) is 5.42. The van der Waals surface area contributed by atoms with Crippen molar-refractivity contribution in [1.82, 2.24) is 18.8 Å². The van der Waals surface area contributed by atoms with E-state index >= 15 is 0 Å². The normalized spacial score (nSPS) is 16.8. The number of rotatable bonds is 5. The second-order valence-electron chi connectivity index (χ2n) is 5.21. The quantitative estimate of drug-likeness (QED) is 0.910. The first-order chi connectivity index (χ1) is 10.1. The molecule has 0 radical (unpaired) electrons. The van der Waals surface area contributed by atoms with Crippen molar-refractivity contribution in [1.29, 1.82) is 0 Å². The summed E-state index contributed by atoms with van der Waals surface area (Å²) in [7, 11) is -3.39. The van der Waals surface area contributed by atoms with Crippen molar-refractivity contribution in [3.05, 3.63) is 30.0 Å². The van der Waals surface area contributed by atoms with Crippen LogP contribution in [0.2, 0.25) is 0 Å². The molecule has 1 aliphatic heterocycles. The Morgan fingerprint density at radius 3 is 2.67 bits per heavy atom. The summed E-state index contributed by atoms with van der Waals surface area (Å²) in [6.45, 7) is 4.24. The van der Waals surface area contributed by atoms with Crippen LogP contribution in [0.3, 0.4) is 0 Å². The molecule has 2 aromatic rings. The van der Waals surface area contributed by atoms with E-state index in [0.29, 0.717) is 13.1 Å². The summed E-state index contributed by atoms with van der Waals surface area (Å²) in [5.41, 5.74) is 1.81. The van der Waals surface area contributed by atoms with Crippen molar-refractivity contribution in [3.8, 4) is 0 Å². The van der Waals surface area contributed by atoms with Crippen molar-refractivity contribution < 1.29 is 8.42 Å². The lowest BCUT2D eigenvalue weighted by atomic mass is 10.2. The number of benzene rings is 1. The second kappa shape index (κ2) is 5.75. The number of hydrogen-bond acceptors (Lipinski definition) is 3. The number of aromatic nitrogens is 2. The highest BCUT2D eigenvalue weighted by molar-refractivity contribution is 7.87. The monoisotopic (exact) mass is 308 g/mol. The maximum atomic E-state index is 12.2. The van der Waals surface area contributed by atoms with Gasteiger partial charge in [-0.15, -0.1) is 0 Å². The fraction of sp³-hybridized carbons (Fsp3) is 0.500. The number of hydrogen-bond donors (Lipinski definition) is 1. The first kappa shape index (κ1) is 14.5. The predicted octanol–water partition coefficient (Wildman–Crippen LogP) is 1.49. The summed E-state index contributed by atoms with van der Waals surface area (Å²) in [5.74, 6) is 0. The van der Waals surface area contributed by atoms with Crippen molar-refractivity contribution in [3.63, 3.8) is 0 Å². The van der Waals surface area contributed by atoms with E-state index in [0.717, 1.165) is 36.0 Å². The summed E-state index contributed by atoms with van der Waals surface area (Å²) in [6, 6.07) is 7.90. The molecule has 0 spiro atoms. The molecule has 0 bridgehead atoms. The molecule has 6 nitrogen and oxygen atoms in total. The Kier molecular flexibility index (Phi) is 3.97. The molecule has 21 heavy (non-hydrogen) atoms. The lowest BCUT2D eigenvalue weighted by Gasteiger charge is -2.15. The van der Waals surface area contributed by atoms with Crippen LogP contribution in [0.1, 0.15) is 25.5 Å². The number of nitrogens with one attached hydrogen (secondary N) is 1. The van der Waals surface area contributed by atoms with Crippen molar-refractivity contribution in [2.75, 3.05) is 13.1 Å². The van der Waals surface area contributed by atoms with E-state index in [-0.39, 0.29) is 6.54 Å². The fourth-order valence-corrected chi connectivity index (χ4v) is 3.99. The van der Waals surface area contributed by atoms with Gasteiger partial charge < -0.3 is 0 Å². The maximum Gasteiger partial charge on any atom is 0.279 e. The predicted molar refractivity (Wildman–Crippen MR) is 82.0 cm³/mol. The summed E-state index contributed by atoms with van der Waals surface area (Å²) in [6.07, 6.45) is 1.88. The van der Waals surface area contributed by atoms with Gasteiger partial charge in [-0.05, 0) is 25.8 Å². The average molecular weight is 308 g/mol. The number of para-hydroxylation sites is 1. The van der Waals surface area contributed by atoms with Crippen molar-refractivity contribution in [2.24, 2.45) is 0 Å². The Morgan fingerprint density at radius 1 is 1.24 bits per heavy atom. The minimum absolute atomic E-state index is 0.229. The average Bonchev–Trinajstić information content (AvgIpc) is 3.14. The molecular formula is C14H20N4O2S. The smallest absolute Gasteiger partial charge is 0.265 e. The van der Waals surface area contributed by atoms with Crippen LogP contribution in [0.4, 0.5) is 0 Å². The van der Waals surface area contributed by atoms with Gasteiger partial charge in [-0.25, -0.2) is 0 Å². The Balaban J connectivity index is 1.82. The Labute approximate surface area is 124 Å². The van der Waals surface area contributed by atoms with Gasteiger partial charge in [0.1, 0.15) is 0 Å². The number of fused-ring (bicyclic) bond motifs is 1. The van der Waals surface area contributed by atoms with Crippen LogP contribution in [0.25, 0.3) is 10.9 Å². The third-order valence-electron chi connectivity index (χ3n) is 3.86. The molecule has 1 saturated heterocycles. The van der Waals surface area contributed by atoms with E-state index in [1.54, 1.807) is 0 Å². The van der Waals surface area contributed by atoms with E-state index in [9.17, 15) is 8.42 Å². The summed E-state index contributed by atoms with van der Waals surface area (Å²) < 4.78 is 30.5. The van der Waals surface area contributed by atoms with Crippen LogP contribution in [0.15, 0.2) is 24.3 Å². The summed E-state index contributed by atoms with van der Waals surface area (Å²) in [5, 5.41) is 5.51. The Bertz CT molecular complexity index is 733. The van der Waals surface area contributed by atoms with E-state index in [4.69, 9.17) is 0 Å². The van der Waals surface area contributed by atoms with Crippen molar-refractivity contribution in [2.45, 2.75) is 32.9 Å². The molecule has 7 heteroatoms. The first-order valence-corrected chi connectivity index (χ1v) is 8.75. The van der Waals surface area contributed by atoms with Crippen LogP contribution in [-0.2, 0) is 23.3 Å². The van der Waals surface area contributed by atoms with Crippen LogP contribution < -0.4 is 4.72 Å². The van der Waals surface area contributed by atoms with Gasteiger partial charge in [0.2, 0.25) is 0 Å². The molecule has 3 rings (SSSR count). The molecule has 0 amide bonds. The van der Waals surface area contributed by atoms with Gasteiger partial charge in [-0.3, -0.25) is 4.68 Å². The first-order valence-electron chi connectivity index (χ1n) is 7.31. The Hall–Kier alpha value is -1.44. The largest absolute Gasteiger partial charge is 0.279 e. The van der Waals surface area contributed by atoms with E-state index in [1.165, 1.54) is 4.31 Å². The Morgan fingerprint density at radius 2 is 1.95 bits per heavy atom. The molecule has 0 saturated carbocycles. The molecule has 2 heterocycles. The molecule has 0 aliphatic carbocycles. The number of nitrogens with zero attached hydrogens (tertiary/aromatic N) is 3.